The molecule has 0 saturated carbocycles. The fraction of sp³-hybridized carbons (Fsp3) is 0.154. The minimum atomic E-state index is -0.690. The van der Waals surface area contributed by atoms with Gasteiger partial charge in [0.1, 0.15) is 17.1 Å². The van der Waals surface area contributed by atoms with Gasteiger partial charge in [-0.2, -0.15) is 0 Å². The molecule has 1 aromatic heterocycles. The first kappa shape index (κ1) is 13.9. The van der Waals surface area contributed by atoms with Gasteiger partial charge in [-0.15, -0.1) is 0 Å². The van der Waals surface area contributed by atoms with E-state index < -0.39 is 6.10 Å². The molecule has 1 aromatic carbocycles. The maximum atomic E-state index is 12.2. The minimum Gasteiger partial charge on any atom is -0.477 e. The third kappa shape index (κ3) is 2.86. The van der Waals surface area contributed by atoms with E-state index >= 15 is 0 Å². The standard InChI is InChI=1S/C13H10Cl2N4O2/c14-10-11(15)17-6-18-12(10)19-13(20)9-5-16-7-3-1-2-4-8(7)21-9/h1-4,6,9,16H,5H2,(H,17,18,19,20). The highest BCUT2D eigenvalue weighted by Gasteiger charge is 2.26. The summed E-state index contributed by atoms with van der Waals surface area (Å²) < 4.78 is 5.64. The van der Waals surface area contributed by atoms with Crippen LogP contribution in [0.1, 0.15) is 0 Å². The number of ether oxygens (including phenoxy) is 1. The van der Waals surface area contributed by atoms with Crippen LogP contribution in [0.3, 0.4) is 0 Å². The van der Waals surface area contributed by atoms with Crippen LogP contribution < -0.4 is 15.4 Å². The van der Waals surface area contributed by atoms with Gasteiger partial charge in [-0.25, -0.2) is 9.97 Å². The van der Waals surface area contributed by atoms with Crippen molar-refractivity contribution in [2.24, 2.45) is 0 Å². The summed E-state index contributed by atoms with van der Waals surface area (Å²) in [6.07, 6.45) is 0.531. The summed E-state index contributed by atoms with van der Waals surface area (Å²) in [5.41, 5.74) is 0.852. The smallest absolute Gasteiger partial charge is 0.268 e. The second-order valence-electron chi connectivity index (χ2n) is 4.30. The second-order valence-corrected chi connectivity index (χ2v) is 5.04. The lowest BCUT2D eigenvalue weighted by molar-refractivity contribution is -0.122. The molecule has 1 unspecified atom stereocenters. The molecule has 3 rings (SSSR count). The number of anilines is 2. The summed E-state index contributed by atoms with van der Waals surface area (Å²) in [6.45, 7) is 0.347. The highest BCUT2D eigenvalue weighted by Crippen LogP contribution is 2.29. The van der Waals surface area contributed by atoms with Crippen LogP contribution >= 0.6 is 23.2 Å². The SMILES string of the molecule is O=C(Nc1ncnc(Cl)c1Cl)C1CNc2ccccc2O1. The highest BCUT2D eigenvalue weighted by molar-refractivity contribution is 6.42. The molecule has 1 aliphatic rings. The summed E-state index contributed by atoms with van der Waals surface area (Å²) in [6, 6.07) is 7.39. The Kier molecular flexibility index (Phi) is 3.81. The Labute approximate surface area is 130 Å². The zero-order valence-corrected chi connectivity index (χ0v) is 12.1. The van der Waals surface area contributed by atoms with E-state index in [1.807, 2.05) is 18.2 Å². The number of amides is 1. The van der Waals surface area contributed by atoms with E-state index in [2.05, 4.69) is 20.6 Å². The molecule has 0 bridgehead atoms. The number of fused-ring (bicyclic) bond motifs is 1. The maximum Gasteiger partial charge on any atom is 0.268 e. The molecule has 108 valence electrons. The van der Waals surface area contributed by atoms with Gasteiger partial charge >= 0.3 is 0 Å². The number of benzene rings is 1. The zero-order chi connectivity index (χ0) is 14.8. The average Bonchev–Trinajstić information content (AvgIpc) is 2.51. The van der Waals surface area contributed by atoms with E-state index in [0.29, 0.717) is 12.3 Å². The largest absolute Gasteiger partial charge is 0.477 e. The molecule has 0 radical (unpaired) electrons. The van der Waals surface area contributed by atoms with Gasteiger partial charge in [-0.3, -0.25) is 4.79 Å². The van der Waals surface area contributed by atoms with Gasteiger partial charge in [0.2, 0.25) is 0 Å². The van der Waals surface area contributed by atoms with Gasteiger partial charge in [0.05, 0.1) is 12.2 Å². The Morgan fingerprint density at radius 2 is 2.14 bits per heavy atom. The summed E-state index contributed by atoms with van der Waals surface area (Å²) in [5.74, 6) is 0.411. The second kappa shape index (κ2) is 5.75. The van der Waals surface area contributed by atoms with E-state index in [1.54, 1.807) is 6.07 Å². The lowest BCUT2D eigenvalue weighted by Gasteiger charge is -2.26. The summed E-state index contributed by atoms with van der Waals surface area (Å²) >= 11 is 11.7. The van der Waals surface area contributed by atoms with Gasteiger partial charge < -0.3 is 15.4 Å². The van der Waals surface area contributed by atoms with Crippen molar-refractivity contribution in [3.05, 3.63) is 40.8 Å². The van der Waals surface area contributed by atoms with E-state index in [1.165, 1.54) is 6.33 Å². The van der Waals surface area contributed by atoms with E-state index in [9.17, 15) is 4.79 Å². The van der Waals surface area contributed by atoms with Crippen molar-refractivity contribution >= 4 is 40.6 Å². The molecular weight excluding hydrogens is 315 g/mol. The lowest BCUT2D eigenvalue weighted by atomic mass is 10.2. The molecule has 21 heavy (non-hydrogen) atoms. The summed E-state index contributed by atoms with van der Waals surface area (Å²) in [4.78, 5) is 19.8. The topological polar surface area (TPSA) is 76.1 Å². The van der Waals surface area contributed by atoms with Crippen LogP contribution in [0.25, 0.3) is 0 Å². The number of hydrogen-bond donors (Lipinski definition) is 2. The van der Waals surface area contributed by atoms with E-state index in [-0.39, 0.29) is 21.9 Å². The number of nitrogens with zero attached hydrogens (tertiary/aromatic N) is 2. The number of rotatable bonds is 2. The fourth-order valence-corrected chi connectivity index (χ4v) is 2.17. The van der Waals surface area contributed by atoms with Gasteiger partial charge in [0, 0.05) is 0 Å². The summed E-state index contributed by atoms with van der Waals surface area (Å²) in [7, 11) is 0. The zero-order valence-electron chi connectivity index (χ0n) is 10.6. The molecule has 0 saturated heterocycles. The van der Waals surface area contributed by atoms with Crippen molar-refractivity contribution in [3.8, 4) is 5.75 Å². The average molecular weight is 325 g/mol. The molecule has 8 heteroatoms. The van der Waals surface area contributed by atoms with Crippen molar-refractivity contribution in [3.63, 3.8) is 0 Å². The molecule has 1 aliphatic heterocycles. The quantitative estimate of drug-likeness (QED) is 0.830. The van der Waals surface area contributed by atoms with Crippen LogP contribution in [-0.2, 0) is 4.79 Å². The Morgan fingerprint density at radius 3 is 3.00 bits per heavy atom. The predicted octanol–water partition coefficient (Wildman–Crippen LogP) is 2.60. The predicted molar refractivity (Wildman–Crippen MR) is 80.0 cm³/mol. The van der Waals surface area contributed by atoms with Crippen molar-refractivity contribution < 1.29 is 9.53 Å². The third-order valence-corrected chi connectivity index (χ3v) is 3.66. The lowest BCUT2D eigenvalue weighted by Crippen LogP contribution is -2.41. The van der Waals surface area contributed by atoms with Crippen molar-refractivity contribution in [1.82, 2.24) is 9.97 Å². The molecular formula is C13H10Cl2N4O2. The maximum absolute atomic E-state index is 12.2. The molecule has 1 atom stereocenters. The first-order valence-corrected chi connectivity index (χ1v) is 6.87. The van der Waals surface area contributed by atoms with Crippen LogP contribution in [0.4, 0.5) is 11.5 Å². The monoisotopic (exact) mass is 324 g/mol. The molecule has 2 heterocycles. The van der Waals surface area contributed by atoms with Gasteiger partial charge in [-0.05, 0) is 12.1 Å². The number of para-hydroxylation sites is 2. The van der Waals surface area contributed by atoms with E-state index in [0.717, 1.165) is 5.69 Å². The normalized spacial score (nSPS) is 16.4. The van der Waals surface area contributed by atoms with Gasteiger partial charge in [-0.1, -0.05) is 35.3 Å². The Balaban J connectivity index is 1.74. The number of halogens is 2. The first-order valence-electron chi connectivity index (χ1n) is 6.11. The number of carbonyl (C=O) groups is 1. The van der Waals surface area contributed by atoms with Gasteiger partial charge in [0.25, 0.3) is 5.91 Å². The van der Waals surface area contributed by atoms with Crippen LogP contribution in [0.5, 0.6) is 5.75 Å². The highest BCUT2D eigenvalue weighted by atomic mass is 35.5. The Morgan fingerprint density at radius 1 is 1.33 bits per heavy atom. The first-order chi connectivity index (χ1) is 10.1. The molecule has 6 nitrogen and oxygen atoms in total. The number of hydrogen-bond acceptors (Lipinski definition) is 5. The van der Waals surface area contributed by atoms with Crippen molar-refractivity contribution in [1.29, 1.82) is 0 Å². The number of aromatic nitrogens is 2. The third-order valence-electron chi connectivity index (χ3n) is 2.92. The molecule has 0 fully saturated rings. The molecule has 2 N–H and O–H groups in total. The van der Waals surface area contributed by atoms with Crippen LogP contribution in [0.2, 0.25) is 10.2 Å². The van der Waals surface area contributed by atoms with Crippen LogP contribution in [0.15, 0.2) is 30.6 Å². The Bertz CT molecular complexity index is 696. The molecule has 1 amide bonds. The molecule has 2 aromatic rings. The van der Waals surface area contributed by atoms with Crippen LogP contribution in [0, 0.1) is 0 Å². The minimum absolute atomic E-state index is 0.0787. The molecule has 0 aliphatic carbocycles. The Hall–Kier alpha value is -2.05. The van der Waals surface area contributed by atoms with Gasteiger partial charge in [0.15, 0.2) is 17.1 Å². The summed E-state index contributed by atoms with van der Waals surface area (Å²) in [5, 5.41) is 5.88. The van der Waals surface area contributed by atoms with Crippen molar-refractivity contribution in [2.45, 2.75) is 6.10 Å². The van der Waals surface area contributed by atoms with Crippen LogP contribution in [-0.4, -0.2) is 28.5 Å². The number of nitrogens with one attached hydrogen (secondary N) is 2. The fourth-order valence-electron chi connectivity index (χ4n) is 1.89. The van der Waals surface area contributed by atoms with Crippen molar-refractivity contribution in [2.75, 3.05) is 17.2 Å². The number of carbonyl (C=O) groups excluding carboxylic acids is 1. The van der Waals surface area contributed by atoms with E-state index in [4.69, 9.17) is 27.9 Å². The molecule has 0 spiro atoms.